The Labute approximate surface area is 181 Å². The Morgan fingerprint density at radius 3 is 2.86 bits per heavy atom. The monoisotopic (exact) mass is 421 g/mol. The molecule has 0 bridgehead atoms. The minimum absolute atomic E-state index is 0.677. The lowest BCUT2D eigenvalue weighted by atomic mass is 10.00. The number of fused-ring (bicyclic) bond motifs is 3. The summed E-state index contributed by atoms with van der Waals surface area (Å²) in [5.74, 6) is 1.12. The van der Waals surface area contributed by atoms with Gasteiger partial charge in [-0.2, -0.15) is 0 Å². The van der Waals surface area contributed by atoms with E-state index in [-0.39, 0.29) is 0 Å². The second-order valence-electron chi connectivity index (χ2n) is 8.01. The molecule has 0 amide bonds. The summed E-state index contributed by atoms with van der Waals surface area (Å²) >= 11 is 3.67. The van der Waals surface area contributed by atoms with Gasteiger partial charge in [-0.25, -0.2) is 4.98 Å². The summed E-state index contributed by atoms with van der Waals surface area (Å²) < 4.78 is 0. The number of para-hydroxylation sites is 1. The van der Waals surface area contributed by atoms with Gasteiger partial charge in [0.2, 0.25) is 0 Å². The smallest absolute Gasteiger partial charge is 0.147 e. The number of hydrogen-bond donors (Lipinski definition) is 0. The number of rotatable bonds is 4. The molecule has 5 heteroatoms. The minimum atomic E-state index is 0.677. The fourth-order valence-electron chi connectivity index (χ4n) is 4.53. The van der Waals surface area contributed by atoms with Crippen molar-refractivity contribution in [1.29, 1.82) is 0 Å². The molecule has 0 spiro atoms. The highest BCUT2D eigenvalue weighted by atomic mass is 32.2. The summed E-state index contributed by atoms with van der Waals surface area (Å²) in [6.07, 6.45) is 7.34. The van der Waals surface area contributed by atoms with Crippen LogP contribution in [-0.4, -0.2) is 42.3 Å². The molecule has 29 heavy (non-hydrogen) atoms. The molecule has 1 unspecified atom stereocenters. The number of aromatic nitrogens is 1. The predicted octanol–water partition coefficient (Wildman–Crippen LogP) is 6.43. The number of thioether (sulfide) groups is 1. The van der Waals surface area contributed by atoms with Gasteiger partial charge >= 0.3 is 0 Å². The third-order valence-corrected chi connectivity index (χ3v) is 8.00. The van der Waals surface area contributed by atoms with Gasteiger partial charge < -0.3 is 9.80 Å². The largest absolute Gasteiger partial charge is 0.324 e. The summed E-state index contributed by atoms with van der Waals surface area (Å²) in [7, 11) is 2.29. The lowest BCUT2D eigenvalue weighted by Gasteiger charge is -2.36. The quantitative estimate of drug-likeness (QED) is 0.451. The highest BCUT2D eigenvalue weighted by Crippen LogP contribution is 2.49. The molecule has 1 saturated heterocycles. The van der Waals surface area contributed by atoms with Crippen LogP contribution in [0.4, 0.5) is 11.5 Å². The predicted molar refractivity (Wildman–Crippen MR) is 126 cm³/mol. The Balaban J connectivity index is 1.53. The van der Waals surface area contributed by atoms with Crippen molar-refractivity contribution in [3.63, 3.8) is 0 Å². The van der Waals surface area contributed by atoms with Crippen LogP contribution in [0.25, 0.3) is 10.9 Å². The molecule has 2 aromatic carbocycles. The van der Waals surface area contributed by atoms with Crippen molar-refractivity contribution < 1.29 is 0 Å². The van der Waals surface area contributed by atoms with Gasteiger partial charge in [-0.3, -0.25) is 0 Å². The van der Waals surface area contributed by atoms with Gasteiger partial charge in [0.25, 0.3) is 0 Å². The van der Waals surface area contributed by atoms with Crippen molar-refractivity contribution in [2.75, 3.05) is 31.3 Å². The molecule has 3 heterocycles. The molecule has 0 saturated carbocycles. The van der Waals surface area contributed by atoms with E-state index in [4.69, 9.17) is 4.98 Å². The van der Waals surface area contributed by atoms with E-state index < -0.39 is 0 Å². The van der Waals surface area contributed by atoms with Crippen LogP contribution < -0.4 is 4.90 Å². The molecule has 1 fully saturated rings. The van der Waals surface area contributed by atoms with Crippen molar-refractivity contribution in [3.05, 3.63) is 48.5 Å². The van der Waals surface area contributed by atoms with E-state index in [2.05, 4.69) is 71.6 Å². The van der Waals surface area contributed by atoms with Crippen LogP contribution in [0.5, 0.6) is 0 Å². The average Bonchev–Trinajstić information content (AvgIpc) is 2.76. The zero-order chi connectivity index (χ0) is 19.8. The van der Waals surface area contributed by atoms with Crippen LogP contribution in [0.2, 0.25) is 0 Å². The van der Waals surface area contributed by atoms with E-state index in [1.165, 1.54) is 58.0 Å². The second-order valence-corrected chi connectivity index (χ2v) is 9.97. The molecule has 150 valence electrons. The topological polar surface area (TPSA) is 19.4 Å². The van der Waals surface area contributed by atoms with Gasteiger partial charge in [-0.05, 0) is 69.4 Å². The summed E-state index contributed by atoms with van der Waals surface area (Å²) in [6.45, 7) is 2.24. The molecular formula is C24H27N3S2. The maximum absolute atomic E-state index is 5.11. The Hall–Kier alpha value is -1.69. The van der Waals surface area contributed by atoms with Gasteiger partial charge in [0.05, 0.1) is 16.1 Å². The van der Waals surface area contributed by atoms with E-state index in [0.717, 1.165) is 17.9 Å². The Morgan fingerprint density at radius 2 is 2.00 bits per heavy atom. The zero-order valence-electron chi connectivity index (χ0n) is 17.1. The van der Waals surface area contributed by atoms with Crippen molar-refractivity contribution in [3.8, 4) is 0 Å². The van der Waals surface area contributed by atoms with Crippen molar-refractivity contribution in [1.82, 2.24) is 9.88 Å². The molecule has 5 rings (SSSR count). The normalized spacial score (nSPS) is 19.2. The van der Waals surface area contributed by atoms with Gasteiger partial charge in [-0.1, -0.05) is 36.4 Å². The fourth-order valence-corrected chi connectivity index (χ4v) is 6.18. The molecule has 0 radical (unpaired) electrons. The van der Waals surface area contributed by atoms with Crippen molar-refractivity contribution >= 4 is 45.9 Å². The van der Waals surface area contributed by atoms with E-state index in [0.29, 0.717) is 6.04 Å². The first-order valence-corrected chi connectivity index (χ1v) is 12.5. The molecule has 2 aliphatic heterocycles. The molecule has 3 nitrogen and oxygen atoms in total. The first kappa shape index (κ1) is 19.3. The molecule has 1 aromatic heterocycles. The third kappa shape index (κ3) is 3.76. The number of pyridine rings is 1. The summed E-state index contributed by atoms with van der Waals surface area (Å²) in [4.78, 5) is 14.1. The van der Waals surface area contributed by atoms with E-state index >= 15 is 0 Å². The Morgan fingerprint density at radius 1 is 1.10 bits per heavy atom. The SMILES string of the molecule is CSc1ccc2c(c1)Sc1cc3ccccc3nc1N2CCC1CCCCN1C. The first-order valence-electron chi connectivity index (χ1n) is 10.5. The Kier molecular flexibility index (Phi) is 5.46. The number of benzene rings is 2. The third-order valence-electron chi connectivity index (χ3n) is 6.21. The molecule has 1 atom stereocenters. The standard InChI is InChI=1S/C24H27N3S2/c1-26-13-6-5-8-18(26)12-14-27-21-11-10-19(28-2)16-22(21)29-23-15-17-7-3-4-9-20(17)25-24(23)27/h3-4,7,9-11,15-16,18H,5-6,8,12-14H2,1-2H3. The summed E-state index contributed by atoms with van der Waals surface area (Å²) in [6, 6.07) is 18.3. The Bertz CT molecular complexity index is 1040. The first-order chi connectivity index (χ1) is 14.2. The van der Waals surface area contributed by atoms with Crippen LogP contribution in [0.15, 0.2) is 63.2 Å². The summed E-state index contributed by atoms with van der Waals surface area (Å²) in [5, 5.41) is 1.22. The van der Waals surface area contributed by atoms with Gasteiger partial charge in [0.15, 0.2) is 0 Å². The lowest BCUT2D eigenvalue weighted by Crippen LogP contribution is -2.38. The number of likely N-dealkylation sites (tertiary alicyclic amines) is 1. The lowest BCUT2D eigenvalue weighted by molar-refractivity contribution is 0.178. The number of hydrogen-bond acceptors (Lipinski definition) is 5. The maximum Gasteiger partial charge on any atom is 0.147 e. The van der Waals surface area contributed by atoms with E-state index in [9.17, 15) is 0 Å². The van der Waals surface area contributed by atoms with E-state index in [1.54, 1.807) is 0 Å². The van der Waals surface area contributed by atoms with Crippen LogP contribution in [0, 0.1) is 0 Å². The average molecular weight is 422 g/mol. The van der Waals surface area contributed by atoms with Crippen LogP contribution in [-0.2, 0) is 0 Å². The molecule has 3 aromatic rings. The van der Waals surface area contributed by atoms with Crippen LogP contribution in [0.1, 0.15) is 25.7 Å². The molecular weight excluding hydrogens is 394 g/mol. The number of nitrogens with zero attached hydrogens (tertiary/aromatic N) is 3. The summed E-state index contributed by atoms with van der Waals surface area (Å²) in [5.41, 5.74) is 2.39. The molecule has 0 aliphatic carbocycles. The highest BCUT2D eigenvalue weighted by Gasteiger charge is 2.27. The van der Waals surface area contributed by atoms with E-state index in [1.807, 2.05) is 23.5 Å². The van der Waals surface area contributed by atoms with Gasteiger partial charge in [0.1, 0.15) is 5.82 Å². The zero-order valence-corrected chi connectivity index (χ0v) is 18.7. The van der Waals surface area contributed by atoms with Crippen LogP contribution in [0.3, 0.4) is 0 Å². The van der Waals surface area contributed by atoms with Crippen LogP contribution >= 0.6 is 23.5 Å². The number of anilines is 2. The molecule has 2 aliphatic rings. The van der Waals surface area contributed by atoms with Crippen molar-refractivity contribution in [2.45, 2.75) is 46.4 Å². The second kappa shape index (κ2) is 8.21. The highest BCUT2D eigenvalue weighted by molar-refractivity contribution is 8.00. The van der Waals surface area contributed by atoms with Crippen molar-refractivity contribution in [2.24, 2.45) is 0 Å². The van der Waals surface area contributed by atoms with Gasteiger partial charge in [-0.15, -0.1) is 11.8 Å². The van der Waals surface area contributed by atoms with Gasteiger partial charge in [0, 0.05) is 27.8 Å². The number of piperidine rings is 1. The molecule has 0 N–H and O–H groups in total. The minimum Gasteiger partial charge on any atom is -0.324 e. The maximum atomic E-state index is 5.11. The fraction of sp³-hybridized carbons (Fsp3) is 0.375.